The number of rotatable bonds is 12. The van der Waals surface area contributed by atoms with Crippen LogP contribution in [0.15, 0.2) is 12.7 Å². The van der Waals surface area contributed by atoms with Gasteiger partial charge in [0.05, 0.1) is 0 Å². The molecule has 0 aliphatic heterocycles. The summed E-state index contributed by atoms with van der Waals surface area (Å²) >= 11 is 0. The molecule has 0 aromatic heterocycles. The van der Waals surface area contributed by atoms with E-state index in [1.807, 2.05) is 6.08 Å². The smallest absolute Gasteiger partial charge is 0.0192 e. The normalized spacial score (nSPS) is 32.9. The second-order valence-corrected chi connectivity index (χ2v) is 7.56. The van der Waals surface area contributed by atoms with Gasteiger partial charge in [0.1, 0.15) is 0 Å². The van der Waals surface area contributed by atoms with Crippen molar-refractivity contribution in [2.75, 3.05) is 20.1 Å². The summed E-state index contributed by atoms with van der Waals surface area (Å²) in [5, 5.41) is 6.98. The maximum absolute atomic E-state index is 3.79. The highest BCUT2D eigenvalue weighted by molar-refractivity contribution is 5.09. The van der Waals surface area contributed by atoms with Crippen LogP contribution in [0.2, 0.25) is 0 Å². The summed E-state index contributed by atoms with van der Waals surface area (Å²) in [6.07, 6.45) is 10.0. The number of hydrogen-bond acceptors (Lipinski definition) is 2. The first-order chi connectivity index (χ1) is 10.2. The predicted octanol–water partition coefficient (Wildman–Crippen LogP) is 3.84. The molecule has 2 fully saturated rings. The van der Waals surface area contributed by atoms with Crippen molar-refractivity contribution in [3.05, 3.63) is 12.7 Å². The first-order valence-electron chi connectivity index (χ1n) is 9.17. The Kier molecular flexibility index (Phi) is 6.75. The molecule has 2 nitrogen and oxygen atoms in total. The van der Waals surface area contributed by atoms with Crippen LogP contribution in [0.4, 0.5) is 0 Å². The predicted molar refractivity (Wildman–Crippen MR) is 92.4 cm³/mol. The molecule has 6 unspecified atom stereocenters. The molecule has 0 bridgehead atoms. The number of unbranched alkanes of at least 4 members (excludes halogenated alkanes) is 1. The van der Waals surface area contributed by atoms with E-state index in [1.165, 1.54) is 38.6 Å². The van der Waals surface area contributed by atoms with Crippen molar-refractivity contribution in [3.8, 4) is 0 Å². The molecule has 0 amide bonds. The fraction of sp³-hybridized carbons (Fsp3) is 0.895. The Labute approximate surface area is 132 Å². The molecule has 0 aromatic carbocycles. The fourth-order valence-corrected chi connectivity index (χ4v) is 4.59. The minimum atomic E-state index is 0.588. The Morgan fingerprint density at radius 2 is 2.10 bits per heavy atom. The van der Waals surface area contributed by atoms with Crippen molar-refractivity contribution in [2.24, 2.45) is 29.6 Å². The molecule has 0 aromatic rings. The highest BCUT2D eigenvalue weighted by Crippen LogP contribution is 2.67. The second-order valence-electron chi connectivity index (χ2n) is 7.56. The minimum absolute atomic E-state index is 0.588. The molecule has 6 atom stereocenters. The van der Waals surface area contributed by atoms with Gasteiger partial charge in [-0.05, 0) is 68.9 Å². The summed E-state index contributed by atoms with van der Waals surface area (Å²) < 4.78 is 0. The van der Waals surface area contributed by atoms with E-state index in [1.54, 1.807) is 0 Å². The number of likely N-dealkylation sites (N-methyl/N-ethyl adjacent to an activating group) is 1. The van der Waals surface area contributed by atoms with E-state index in [2.05, 4.69) is 38.1 Å². The summed E-state index contributed by atoms with van der Waals surface area (Å²) in [4.78, 5) is 0. The fourth-order valence-electron chi connectivity index (χ4n) is 4.59. The SMILES string of the molecule is C=CCCC(CNCCCCC(C)C1C2CC(C)C21)NC. The molecular formula is C19H36N2. The zero-order chi connectivity index (χ0) is 15.2. The van der Waals surface area contributed by atoms with Crippen molar-refractivity contribution >= 4 is 0 Å². The molecular weight excluding hydrogens is 256 g/mol. The van der Waals surface area contributed by atoms with E-state index >= 15 is 0 Å². The van der Waals surface area contributed by atoms with Crippen molar-refractivity contribution in [1.82, 2.24) is 10.6 Å². The van der Waals surface area contributed by atoms with Crippen LogP contribution < -0.4 is 10.6 Å². The summed E-state index contributed by atoms with van der Waals surface area (Å²) in [5.74, 6) is 5.37. The molecule has 21 heavy (non-hydrogen) atoms. The Morgan fingerprint density at radius 1 is 1.29 bits per heavy atom. The number of fused-ring (bicyclic) bond motifs is 1. The highest BCUT2D eigenvalue weighted by atomic mass is 15.0. The van der Waals surface area contributed by atoms with Crippen LogP contribution in [0.1, 0.15) is 52.4 Å². The molecule has 2 N–H and O–H groups in total. The Morgan fingerprint density at radius 3 is 2.67 bits per heavy atom. The summed E-state index contributed by atoms with van der Waals surface area (Å²) in [5.41, 5.74) is 0. The van der Waals surface area contributed by atoms with Crippen molar-refractivity contribution in [2.45, 2.75) is 58.4 Å². The molecule has 0 spiro atoms. The Balaban J connectivity index is 1.44. The van der Waals surface area contributed by atoms with E-state index in [0.29, 0.717) is 6.04 Å². The van der Waals surface area contributed by atoms with E-state index in [-0.39, 0.29) is 0 Å². The van der Waals surface area contributed by atoms with E-state index in [4.69, 9.17) is 0 Å². The van der Waals surface area contributed by atoms with Crippen molar-refractivity contribution in [3.63, 3.8) is 0 Å². The van der Waals surface area contributed by atoms with Gasteiger partial charge in [-0.1, -0.05) is 32.8 Å². The number of allylic oxidation sites excluding steroid dienone is 1. The van der Waals surface area contributed by atoms with Gasteiger partial charge in [-0.3, -0.25) is 0 Å². The van der Waals surface area contributed by atoms with Gasteiger partial charge in [-0.15, -0.1) is 6.58 Å². The minimum Gasteiger partial charge on any atom is -0.316 e. The van der Waals surface area contributed by atoms with E-state index < -0.39 is 0 Å². The summed E-state index contributed by atoms with van der Waals surface area (Å²) in [6, 6.07) is 0.588. The third-order valence-electron chi connectivity index (χ3n) is 6.03. The van der Waals surface area contributed by atoms with Gasteiger partial charge in [0.2, 0.25) is 0 Å². The van der Waals surface area contributed by atoms with Gasteiger partial charge < -0.3 is 10.6 Å². The van der Waals surface area contributed by atoms with Crippen molar-refractivity contribution in [1.29, 1.82) is 0 Å². The van der Waals surface area contributed by atoms with E-state index in [9.17, 15) is 0 Å². The lowest BCUT2D eigenvalue weighted by molar-refractivity contribution is 0.315. The largest absolute Gasteiger partial charge is 0.316 e. The number of hydrogen-bond donors (Lipinski definition) is 2. The topological polar surface area (TPSA) is 24.1 Å². The molecule has 0 heterocycles. The van der Waals surface area contributed by atoms with Crippen LogP contribution in [0.5, 0.6) is 0 Å². The van der Waals surface area contributed by atoms with Gasteiger partial charge in [0.25, 0.3) is 0 Å². The molecule has 2 aliphatic rings. The van der Waals surface area contributed by atoms with Crippen LogP contribution in [-0.4, -0.2) is 26.2 Å². The average Bonchev–Trinajstić information content (AvgIpc) is 3.11. The highest BCUT2D eigenvalue weighted by Gasteiger charge is 2.61. The third-order valence-corrected chi connectivity index (χ3v) is 6.03. The van der Waals surface area contributed by atoms with Crippen LogP contribution in [0.25, 0.3) is 0 Å². The summed E-state index contributed by atoms with van der Waals surface area (Å²) in [6.45, 7) is 11.0. The van der Waals surface area contributed by atoms with Gasteiger partial charge in [0.15, 0.2) is 0 Å². The number of nitrogens with one attached hydrogen (secondary N) is 2. The van der Waals surface area contributed by atoms with Crippen LogP contribution in [0, 0.1) is 29.6 Å². The monoisotopic (exact) mass is 292 g/mol. The zero-order valence-corrected chi connectivity index (χ0v) is 14.4. The lowest BCUT2D eigenvalue weighted by atomic mass is 9.87. The third kappa shape index (κ3) is 4.56. The molecule has 2 heteroatoms. The molecule has 0 radical (unpaired) electrons. The van der Waals surface area contributed by atoms with Crippen molar-refractivity contribution < 1.29 is 0 Å². The molecule has 2 rings (SSSR count). The summed E-state index contributed by atoms with van der Waals surface area (Å²) in [7, 11) is 2.06. The van der Waals surface area contributed by atoms with Crippen LogP contribution >= 0.6 is 0 Å². The maximum atomic E-state index is 3.79. The van der Waals surface area contributed by atoms with Gasteiger partial charge in [-0.25, -0.2) is 0 Å². The Hall–Kier alpha value is -0.340. The second kappa shape index (κ2) is 8.33. The first kappa shape index (κ1) is 17.0. The van der Waals surface area contributed by atoms with Gasteiger partial charge in [-0.2, -0.15) is 0 Å². The molecule has 122 valence electrons. The van der Waals surface area contributed by atoms with E-state index in [0.717, 1.165) is 42.6 Å². The lowest BCUT2D eigenvalue weighted by Gasteiger charge is -2.18. The van der Waals surface area contributed by atoms with Crippen LogP contribution in [0.3, 0.4) is 0 Å². The van der Waals surface area contributed by atoms with Gasteiger partial charge in [0, 0.05) is 12.6 Å². The Bertz CT molecular complexity index is 315. The quantitative estimate of drug-likeness (QED) is 0.422. The maximum Gasteiger partial charge on any atom is 0.0192 e. The molecule has 0 saturated heterocycles. The molecule has 2 saturated carbocycles. The first-order valence-corrected chi connectivity index (χ1v) is 9.17. The zero-order valence-electron chi connectivity index (χ0n) is 14.4. The molecule has 2 aliphatic carbocycles. The van der Waals surface area contributed by atoms with Gasteiger partial charge >= 0.3 is 0 Å². The lowest BCUT2D eigenvalue weighted by Crippen LogP contribution is -2.36. The average molecular weight is 293 g/mol. The standard InChI is InChI=1S/C19H36N2/c1-5-6-10-16(20-4)13-21-11-8-7-9-14(2)18-17-12-15(3)19(17)18/h5,14-21H,1,6-13H2,2-4H3. The van der Waals surface area contributed by atoms with Crippen LogP contribution in [-0.2, 0) is 0 Å².